The Kier molecular flexibility index (Phi) is 5.79. The third-order valence-corrected chi connectivity index (χ3v) is 3.94. The molecule has 1 aromatic rings. The summed E-state index contributed by atoms with van der Waals surface area (Å²) in [6, 6.07) is 9.41. The molecule has 5 heteroatoms. The van der Waals surface area contributed by atoms with Gasteiger partial charge in [-0.25, -0.2) is 0 Å². The summed E-state index contributed by atoms with van der Waals surface area (Å²) in [7, 11) is 3.58. The fourth-order valence-electron chi connectivity index (χ4n) is 2.56. The summed E-state index contributed by atoms with van der Waals surface area (Å²) in [4.78, 5) is 15.5. The van der Waals surface area contributed by atoms with Crippen LogP contribution in [-0.2, 0) is 4.79 Å². The monoisotopic (exact) mass is 301 g/mol. The van der Waals surface area contributed by atoms with Gasteiger partial charge >= 0.3 is 0 Å². The zero-order valence-electron chi connectivity index (χ0n) is 13.3. The molecule has 0 aliphatic carbocycles. The molecular formula is C17H23N3O2. The first kappa shape index (κ1) is 16.3. The summed E-state index contributed by atoms with van der Waals surface area (Å²) in [5.74, 6) is 0.937. The van der Waals surface area contributed by atoms with Gasteiger partial charge in [0, 0.05) is 40.2 Å². The fraction of sp³-hybridized carbons (Fsp3) is 0.529. The fourth-order valence-corrected chi connectivity index (χ4v) is 2.56. The number of carbonyl (C=O) groups excluding carboxylic acids is 1. The summed E-state index contributed by atoms with van der Waals surface area (Å²) < 4.78 is 5.96. The maximum atomic E-state index is 11.6. The minimum absolute atomic E-state index is 0.173. The van der Waals surface area contributed by atoms with Crippen LogP contribution in [0.4, 0.5) is 0 Å². The Balaban J connectivity index is 1.75. The highest BCUT2D eigenvalue weighted by molar-refractivity contribution is 5.75. The van der Waals surface area contributed by atoms with Crippen molar-refractivity contribution in [1.29, 1.82) is 5.26 Å². The lowest BCUT2D eigenvalue weighted by Gasteiger charge is -2.32. The first-order valence-corrected chi connectivity index (χ1v) is 7.68. The van der Waals surface area contributed by atoms with Crippen LogP contribution in [0.3, 0.4) is 0 Å². The van der Waals surface area contributed by atoms with Gasteiger partial charge in [0.05, 0.1) is 11.6 Å². The van der Waals surface area contributed by atoms with Crippen LogP contribution in [0.5, 0.6) is 5.75 Å². The molecule has 0 saturated carbocycles. The van der Waals surface area contributed by atoms with Crippen molar-refractivity contribution in [1.82, 2.24) is 9.80 Å². The van der Waals surface area contributed by atoms with Crippen molar-refractivity contribution in [2.24, 2.45) is 0 Å². The van der Waals surface area contributed by atoms with E-state index in [1.165, 1.54) is 0 Å². The van der Waals surface area contributed by atoms with Gasteiger partial charge in [0.15, 0.2) is 0 Å². The number of piperidine rings is 1. The molecule has 0 spiro atoms. The lowest BCUT2D eigenvalue weighted by Crippen LogP contribution is -2.40. The number of nitrogens with zero attached hydrogens (tertiary/aromatic N) is 3. The zero-order valence-corrected chi connectivity index (χ0v) is 13.3. The molecule has 22 heavy (non-hydrogen) atoms. The third kappa shape index (κ3) is 4.74. The maximum absolute atomic E-state index is 11.6. The van der Waals surface area contributed by atoms with E-state index in [0.29, 0.717) is 12.0 Å². The molecule has 5 nitrogen and oxygen atoms in total. The molecule has 0 unspecified atom stereocenters. The zero-order chi connectivity index (χ0) is 15.9. The van der Waals surface area contributed by atoms with Crippen molar-refractivity contribution in [2.45, 2.75) is 25.4 Å². The normalized spacial score (nSPS) is 16.0. The van der Waals surface area contributed by atoms with Gasteiger partial charge < -0.3 is 14.5 Å². The number of rotatable bonds is 5. The molecule has 1 aliphatic rings. The Morgan fingerprint density at radius 1 is 1.41 bits per heavy atom. The molecule has 2 rings (SSSR count). The maximum Gasteiger partial charge on any atom is 0.223 e. The second-order valence-electron chi connectivity index (χ2n) is 5.84. The van der Waals surface area contributed by atoms with Crippen LogP contribution in [0.1, 0.15) is 24.8 Å². The van der Waals surface area contributed by atoms with E-state index in [1.807, 2.05) is 12.1 Å². The number of likely N-dealkylation sites (tertiary alicyclic amines) is 1. The molecule has 0 aromatic heterocycles. The van der Waals surface area contributed by atoms with E-state index in [1.54, 1.807) is 31.1 Å². The first-order valence-electron chi connectivity index (χ1n) is 7.68. The molecule has 1 saturated heterocycles. The van der Waals surface area contributed by atoms with E-state index in [9.17, 15) is 4.79 Å². The Morgan fingerprint density at radius 2 is 2.14 bits per heavy atom. The number of benzene rings is 1. The second-order valence-corrected chi connectivity index (χ2v) is 5.84. The summed E-state index contributed by atoms with van der Waals surface area (Å²) >= 11 is 0. The molecule has 0 bridgehead atoms. The molecule has 118 valence electrons. The van der Waals surface area contributed by atoms with Crippen molar-refractivity contribution < 1.29 is 9.53 Å². The quantitative estimate of drug-likeness (QED) is 0.833. The van der Waals surface area contributed by atoms with E-state index in [2.05, 4.69) is 11.0 Å². The van der Waals surface area contributed by atoms with E-state index in [0.717, 1.165) is 38.2 Å². The highest BCUT2D eigenvalue weighted by Gasteiger charge is 2.21. The van der Waals surface area contributed by atoms with Crippen LogP contribution in [0.15, 0.2) is 24.3 Å². The molecule has 0 N–H and O–H groups in total. The number of nitriles is 1. The molecule has 1 heterocycles. The number of hydrogen-bond acceptors (Lipinski definition) is 4. The molecule has 1 aromatic carbocycles. The summed E-state index contributed by atoms with van der Waals surface area (Å²) in [6.07, 6.45) is 2.66. The van der Waals surface area contributed by atoms with Crippen LogP contribution in [-0.4, -0.2) is 55.5 Å². The average Bonchev–Trinajstić information content (AvgIpc) is 2.54. The highest BCUT2D eigenvalue weighted by atomic mass is 16.5. The highest BCUT2D eigenvalue weighted by Crippen LogP contribution is 2.20. The largest absolute Gasteiger partial charge is 0.490 e. The number of carbonyl (C=O) groups is 1. The Labute approximate surface area is 132 Å². The Hall–Kier alpha value is -2.06. The van der Waals surface area contributed by atoms with Crippen LogP contribution >= 0.6 is 0 Å². The summed E-state index contributed by atoms with van der Waals surface area (Å²) in [5, 5.41) is 8.90. The number of ether oxygens (including phenoxy) is 1. The molecule has 0 atom stereocenters. The summed E-state index contributed by atoms with van der Waals surface area (Å²) in [5.41, 5.74) is 0.622. The molecule has 1 aliphatic heterocycles. The predicted octanol–water partition coefficient (Wildman–Crippen LogP) is 1.88. The Bertz CT molecular complexity index is 543. The van der Waals surface area contributed by atoms with Crippen LogP contribution in [0.25, 0.3) is 0 Å². The van der Waals surface area contributed by atoms with Gasteiger partial charge in [-0.1, -0.05) is 6.07 Å². The third-order valence-electron chi connectivity index (χ3n) is 3.94. The average molecular weight is 301 g/mol. The van der Waals surface area contributed by atoms with Crippen molar-refractivity contribution in [3.63, 3.8) is 0 Å². The van der Waals surface area contributed by atoms with Crippen molar-refractivity contribution in [3.05, 3.63) is 29.8 Å². The van der Waals surface area contributed by atoms with Crippen LogP contribution in [0, 0.1) is 11.3 Å². The lowest BCUT2D eigenvalue weighted by molar-refractivity contribution is -0.129. The predicted molar refractivity (Wildman–Crippen MR) is 84.6 cm³/mol. The molecule has 1 amide bonds. The van der Waals surface area contributed by atoms with Gasteiger partial charge in [0.25, 0.3) is 0 Å². The summed E-state index contributed by atoms with van der Waals surface area (Å²) in [6.45, 7) is 2.71. The van der Waals surface area contributed by atoms with E-state index < -0.39 is 0 Å². The topological polar surface area (TPSA) is 56.6 Å². The van der Waals surface area contributed by atoms with Gasteiger partial charge in [-0.2, -0.15) is 5.26 Å². The Morgan fingerprint density at radius 3 is 2.77 bits per heavy atom. The van der Waals surface area contributed by atoms with Crippen LogP contribution in [0.2, 0.25) is 0 Å². The number of hydrogen-bond donors (Lipinski definition) is 0. The van der Waals surface area contributed by atoms with Crippen molar-refractivity contribution >= 4 is 5.91 Å². The smallest absolute Gasteiger partial charge is 0.223 e. The minimum atomic E-state index is 0.173. The molecule has 1 fully saturated rings. The molecule has 0 radical (unpaired) electrons. The van der Waals surface area contributed by atoms with Crippen molar-refractivity contribution in [3.8, 4) is 11.8 Å². The van der Waals surface area contributed by atoms with E-state index >= 15 is 0 Å². The van der Waals surface area contributed by atoms with Gasteiger partial charge in [0.1, 0.15) is 11.9 Å². The first-order chi connectivity index (χ1) is 10.6. The number of amides is 1. The van der Waals surface area contributed by atoms with Gasteiger partial charge in [-0.15, -0.1) is 0 Å². The second kappa shape index (κ2) is 7.81. The van der Waals surface area contributed by atoms with Gasteiger partial charge in [-0.3, -0.25) is 4.79 Å². The standard InChI is InChI=1S/C17H23N3O2/c1-19(2)17(21)8-11-20-9-6-15(7-10-20)22-16-5-3-4-14(12-16)13-18/h3-5,12,15H,6-11H2,1-2H3. The van der Waals surface area contributed by atoms with E-state index in [-0.39, 0.29) is 12.0 Å². The van der Waals surface area contributed by atoms with Crippen molar-refractivity contribution in [2.75, 3.05) is 33.7 Å². The molecular weight excluding hydrogens is 278 g/mol. The van der Waals surface area contributed by atoms with Gasteiger partial charge in [-0.05, 0) is 31.0 Å². The van der Waals surface area contributed by atoms with Gasteiger partial charge in [0.2, 0.25) is 5.91 Å². The van der Waals surface area contributed by atoms with Crippen LogP contribution < -0.4 is 4.74 Å². The minimum Gasteiger partial charge on any atom is -0.490 e. The lowest BCUT2D eigenvalue weighted by atomic mass is 10.1. The van der Waals surface area contributed by atoms with E-state index in [4.69, 9.17) is 10.00 Å². The SMILES string of the molecule is CN(C)C(=O)CCN1CCC(Oc2cccc(C#N)c2)CC1.